The van der Waals surface area contributed by atoms with E-state index in [4.69, 9.17) is 5.11 Å². The van der Waals surface area contributed by atoms with E-state index in [9.17, 15) is 4.39 Å². The third-order valence-electron chi connectivity index (χ3n) is 1.63. The van der Waals surface area contributed by atoms with Gasteiger partial charge in [-0.3, -0.25) is 0 Å². The molecule has 0 heterocycles. The van der Waals surface area contributed by atoms with Crippen LogP contribution in [0.1, 0.15) is 0 Å². The number of aliphatic hydroxyl groups is 1. The fraction of sp³-hybridized carbons (Fsp3) is 0.333. The van der Waals surface area contributed by atoms with Crippen molar-refractivity contribution >= 4 is 37.5 Å². The molecule has 0 radical (unpaired) electrons. The van der Waals surface area contributed by atoms with Crippen molar-refractivity contribution < 1.29 is 9.50 Å². The first-order chi connectivity index (χ1) is 6.63. The van der Waals surface area contributed by atoms with Crippen molar-refractivity contribution in [2.45, 2.75) is 6.10 Å². The molecule has 1 unspecified atom stereocenters. The lowest BCUT2D eigenvalue weighted by Gasteiger charge is -2.11. The van der Waals surface area contributed by atoms with Crippen molar-refractivity contribution in [1.82, 2.24) is 0 Å². The summed E-state index contributed by atoms with van der Waals surface area (Å²) in [5, 5.41) is 12.0. The number of hydrogen-bond donors (Lipinski definition) is 2. The zero-order chi connectivity index (χ0) is 10.6. The van der Waals surface area contributed by atoms with Gasteiger partial charge in [0.05, 0.1) is 6.10 Å². The summed E-state index contributed by atoms with van der Waals surface area (Å²) in [5.74, 6) is 0. The zero-order valence-electron chi connectivity index (χ0n) is 7.30. The van der Waals surface area contributed by atoms with Crippen LogP contribution in [-0.2, 0) is 0 Å². The van der Waals surface area contributed by atoms with E-state index in [0.717, 1.165) is 14.6 Å². The summed E-state index contributed by atoms with van der Waals surface area (Å²) in [6.45, 7) is -0.538. The van der Waals surface area contributed by atoms with E-state index in [1.165, 1.54) is 0 Å². The van der Waals surface area contributed by atoms with E-state index in [2.05, 4.69) is 37.2 Å². The highest BCUT2D eigenvalue weighted by Crippen LogP contribution is 2.25. The molecule has 0 aliphatic heterocycles. The number of nitrogens with one attached hydrogen (secondary N) is 1. The SMILES string of the molecule is OC(CF)CNc1cc(Br)ccc1Br. The highest BCUT2D eigenvalue weighted by Gasteiger charge is 2.04. The second-order valence-electron chi connectivity index (χ2n) is 2.81. The van der Waals surface area contributed by atoms with Crippen LogP contribution in [0.15, 0.2) is 27.1 Å². The predicted molar refractivity (Wildman–Crippen MR) is 62.3 cm³/mol. The van der Waals surface area contributed by atoms with Crippen molar-refractivity contribution in [3.05, 3.63) is 27.1 Å². The van der Waals surface area contributed by atoms with Gasteiger partial charge in [-0.1, -0.05) is 15.9 Å². The molecule has 1 aromatic carbocycles. The van der Waals surface area contributed by atoms with E-state index in [1.54, 1.807) is 0 Å². The lowest BCUT2D eigenvalue weighted by atomic mass is 10.3. The summed E-state index contributed by atoms with van der Waals surface area (Å²) in [7, 11) is 0. The Morgan fingerprint density at radius 1 is 1.43 bits per heavy atom. The van der Waals surface area contributed by atoms with E-state index in [1.807, 2.05) is 18.2 Å². The lowest BCUT2D eigenvalue weighted by Crippen LogP contribution is -2.21. The first-order valence-corrected chi connectivity index (χ1v) is 5.65. The Morgan fingerprint density at radius 3 is 2.79 bits per heavy atom. The number of rotatable bonds is 4. The molecule has 0 saturated carbocycles. The van der Waals surface area contributed by atoms with Gasteiger partial charge in [-0.25, -0.2) is 4.39 Å². The van der Waals surface area contributed by atoms with Gasteiger partial charge in [0.2, 0.25) is 0 Å². The van der Waals surface area contributed by atoms with Gasteiger partial charge in [0.25, 0.3) is 0 Å². The second-order valence-corrected chi connectivity index (χ2v) is 4.58. The van der Waals surface area contributed by atoms with Crippen molar-refractivity contribution in [2.24, 2.45) is 0 Å². The number of anilines is 1. The Morgan fingerprint density at radius 2 is 2.14 bits per heavy atom. The summed E-state index contributed by atoms with van der Waals surface area (Å²) in [6.07, 6.45) is -0.958. The van der Waals surface area contributed by atoms with Crippen LogP contribution in [0.5, 0.6) is 0 Å². The Balaban J connectivity index is 2.62. The minimum atomic E-state index is -0.958. The van der Waals surface area contributed by atoms with Crippen LogP contribution >= 0.6 is 31.9 Å². The number of hydrogen-bond acceptors (Lipinski definition) is 2. The summed E-state index contributed by atoms with van der Waals surface area (Å²) in [5.41, 5.74) is 0.826. The van der Waals surface area contributed by atoms with Crippen LogP contribution in [0.2, 0.25) is 0 Å². The van der Waals surface area contributed by atoms with E-state index < -0.39 is 12.8 Å². The smallest absolute Gasteiger partial charge is 0.117 e. The van der Waals surface area contributed by atoms with Gasteiger partial charge in [0.1, 0.15) is 6.67 Å². The van der Waals surface area contributed by atoms with E-state index in [0.29, 0.717) is 0 Å². The molecule has 5 heteroatoms. The molecule has 0 fully saturated rings. The first kappa shape index (κ1) is 11.9. The maximum absolute atomic E-state index is 12.0. The van der Waals surface area contributed by atoms with Crippen LogP contribution in [0.3, 0.4) is 0 Å². The van der Waals surface area contributed by atoms with Crippen LogP contribution in [-0.4, -0.2) is 24.4 Å². The van der Waals surface area contributed by atoms with Crippen molar-refractivity contribution in [3.63, 3.8) is 0 Å². The second kappa shape index (κ2) is 5.68. The maximum atomic E-state index is 12.0. The van der Waals surface area contributed by atoms with Gasteiger partial charge in [-0.05, 0) is 34.1 Å². The molecule has 78 valence electrons. The highest BCUT2D eigenvalue weighted by molar-refractivity contribution is 9.11. The summed E-state index contributed by atoms with van der Waals surface area (Å²) < 4.78 is 13.8. The highest BCUT2D eigenvalue weighted by atomic mass is 79.9. The number of benzene rings is 1. The molecular weight excluding hydrogens is 317 g/mol. The quantitative estimate of drug-likeness (QED) is 0.891. The third-order valence-corrected chi connectivity index (χ3v) is 2.82. The zero-order valence-corrected chi connectivity index (χ0v) is 10.5. The standard InChI is InChI=1S/C9H10Br2FNO/c10-6-1-2-8(11)9(3-6)13-5-7(14)4-12/h1-3,7,13-14H,4-5H2. The Hall–Kier alpha value is -0.130. The normalized spacial score (nSPS) is 12.6. The predicted octanol–water partition coefficient (Wildman–Crippen LogP) is 2.95. The van der Waals surface area contributed by atoms with Gasteiger partial charge < -0.3 is 10.4 Å². The van der Waals surface area contributed by atoms with Crippen LogP contribution in [0.4, 0.5) is 10.1 Å². The van der Waals surface area contributed by atoms with Crippen LogP contribution < -0.4 is 5.32 Å². The molecule has 0 aliphatic carbocycles. The molecule has 14 heavy (non-hydrogen) atoms. The molecule has 0 saturated heterocycles. The van der Waals surface area contributed by atoms with E-state index >= 15 is 0 Å². The Kier molecular flexibility index (Phi) is 4.84. The van der Waals surface area contributed by atoms with Crippen LogP contribution in [0.25, 0.3) is 0 Å². The van der Waals surface area contributed by atoms with Gasteiger partial charge in [0.15, 0.2) is 0 Å². The molecule has 1 aromatic rings. The van der Waals surface area contributed by atoms with Gasteiger partial charge >= 0.3 is 0 Å². The average Bonchev–Trinajstić information content (AvgIpc) is 2.19. The first-order valence-electron chi connectivity index (χ1n) is 4.06. The molecule has 0 spiro atoms. The minimum Gasteiger partial charge on any atom is -0.389 e. The topological polar surface area (TPSA) is 32.3 Å². The van der Waals surface area contributed by atoms with E-state index in [-0.39, 0.29) is 6.54 Å². The van der Waals surface area contributed by atoms with Gasteiger partial charge in [-0.15, -0.1) is 0 Å². The van der Waals surface area contributed by atoms with Gasteiger partial charge in [-0.2, -0.15) is 0 Å². The number of alkyl halides is 1. The molecule has 0 amide bonds. The fourth-order valence-corrected chi connectivity index (χ4v) is 1.66. The average molecular weight is 327 g/mol. The fourth-order valence-electron chi connectivity index (χ4n) is 0.915. The van der Waals surface area contributed by atoms with Crippen LogP contribution in [0, 0.1) is 0 Å². The summed E-state index contributed by atoms with van der Waals surface area (Å²) in [6, 6.07) is 5.62. The number of halogens is 3. The molecule has 2 nitrogen and oxygen atoms in total. The minimum absolute atomic E-state index is 0.200. The lowest BCUT2D eigenvalue weighted by molar-refractivity contribution is 0.151. The van der Waals surface area contributed by atoms with Crippen molar-refractivity contribution in [1.29, 1.82) is 0 Å². The van der Waals surface area contributed by atoms with Gasteiger partial charge in [0, 0.05) is 21.2 Å². The molecule has 0 aromatic heterocycles. The molecule has 1 atom stereocenters. The third kappa shape index (κ3) is 3.55. The molecule has 0 aliphatic rings. The maximum Gasteiger partial charge on any atom is 0.117 e. The number of aliphatic hydroxyl groups excluding tert-OH is 1. The Bertz CT molecular complexity index is 309. The van der Waals surface area contributed by atoms with Crippen molar-refractivity contribution in [3.8, 4) is 0 Å². The molecule has 0 bridgehead atoms. The molecular formula is C9H10Br2FNO. The monoisotopic (exact) mass is 325 g/mol. The molecule has 1 rings (SSSR count). The largest absolute Gasteiger partial charge is 0.389 e. The van der Waals surface area contributed by atoms with Crippen molar-refractivity contribution in [2.75, 3.05) is 18.5 Å². The summed E-state index contributed by atoms with van der Waals surface area (Å²) >= 11 is 6.67. The summed E-state index contributed by atoms with van der Waals surface area (Å²) in [4.78, 5) is 0. The molecule has 2 N–H and O–H groups in total. The Labute approximate surface area is 98.8 Å².